The van der Waals surface area contributed by atoms with Gasteiger partial charge in [0.2, 0.25) is 5.90 Å². The van der Waals surface area contributed by atoms with Crippen molar-refractivity contribution >= 4 is 17.4 Å². The number of benzene rings is 2. The molecular weight excluding hydrogens is 302 g/mol. The Morgan fingerprint density at radius 1 is 1.17 bits per heavy atom. The van der Waals surface area contributed by atoms with Crippen LogP contribution < -0.4 is 4.74 Å². The summed E-state index contributed by atoms with van der Waals surface area (Å²) in [6.45, 7) is 3.63. The van der Waals surface area contributed by atoms with Gasteiger partial charge in [0.25, 0.3) is 0 Å². The van der Waals surface area contributed by atoms with E-state index in [9.17, 15) is 4.79 Å². The number of carbonyl (C=O) groups excluding carboxylic acids is 1. The molecule has 0 saturated carbocycles. The summed E-state index contributed by atoms with van der Waals surface area (Å²) >= 11 is 0. The van der Waals surface area contributed by atoms with Crippen molar-refractivity contribution in [1.29, 1.82) is 0 Å². The highest BCUT2D eigenvalue weighted by molar-refractivity contribution is 5.97. The molecule has 24 heavy (non-hydrogen) atoms. The van der Waals surface area contributed by atoms with Crippen molar-refractivity contribution in [2.45, 2.75) is 32.3 Å². The van der Waals surface area contributed by atoms with Crippen LogP contribution in [0, 0.1) is 0 Å². The van der Waals surface area contributed by atoms with Crippen molar-refractivity contribution in [1.82, 2.24) is 0 Å². The summed E-state index contributed by atoms with van der Waals surface area (Å²) in [5.41, 5.74) is 2.22. The molecule has 1 aliphatic heterocycles. The molecule has 0 N–H and O–H groups in total. The minimum absolute atomic E-state index is 0.158. The van der Waals surface area contributed by atoms with Gasteiger partial charge in [-0.15, -0.1) is 0 Å². The largest absolute Gasteiger partial charge is 0.497 e. The van der Waals surface area contributed by atoms with Gasteiger partial charge in [-0.2, -0.15) is 0 Å². The number of nitrogens with zero attached hydrogens (tertiary/aromatic N) is 1. The van der Waals surface area contributed by atoms with E-state index in [4.69, 9.17) is 9.47 Å². The third-order valence-corrected chi connectivity index (χ3v) is 4.31. The zero-order chi connectivity index (χ0) is 17.2. The van der Waals surface area contributed by atoms with Crippen LogP contribution in [0.4, 0.5) is 5.69 Å². The van der Waals surface area contributed by atoms with Gasteiger partial charge in [-0.05, 0) is 50.6 Å². The van der Waals surface area contributed by atoms with E-state index >= 15 is 0 Å². The molecular formula is C20H21NO3. The number of ether oxygens (including phenoxy) is 2. The second-order valence-corrected chi connectivity index (χ2v) is 6.20. The highest BCUT2D eigenvalue weighted by Crippen LogP contribution is 2.41. The molecule has 0 amide bonds. The number of fused-ring (bicyclic) bond motifs is 1. The fraction of sp³-hybridized carbons (Fsp3) is 0.300. The lowest BCUT2D eigenvalue weighted by Gasteiger charge is -2.35. The average molecular weight is 323 g/mol. The van der Waals surface area contributed by atoms with Crippen molar-refractivity contribution in [2.75, 3.05) is 7.11 Å². The molecule has 0 saturated heterocycles. The SMILES string of the molecule is COc1ccc(C2=Nc3ccccc3C(C)(CCC(C)=O)O2)cc1. The first kappa shape index (κ1) is 16.2. The van der Waals surface area contributed by atoms with Crippen molar-refractivity contribution in [3.05, 3.63) is 59.7 Å². The zero-order valence-corrected chi connectivity index (χ0v) is 14.2. The lowest BCUT2D eigenvalue weighted by atomic mass is 9.87. The number of methoxy groups -OCH3 is 1. The van der Waals surface area contributed by atoms with Crippen LogP contribution >= 0.6 is 0 Å². The van der Waals surface area contributed by atoms with Crippen molar-refractivity contribution in [3.63, 3.8) is 0 Å². The van der Waals surface area contributed by atoms with Gasteiger partial charge in [0.05, 0.1) is 12.8 Å². The van der Waals surface area contributed by atoms with E-state index in [1.807, 2.05) is 55.5 Å². The maximum absolute atomic E-state index is 11.5. The molecule has 124 valence electrons. The molecule has 0 spiro atoms. The van der Waals surface area contributed by atoms with E-state index in [1.165, 1.54) is 0 Å². The van der Waals surface area contributed by atoms with Gasteiger partial charge in [0.1, 0.15) is 17.1 Å². The first-order valence-corrected chi connectivity index (χ1v) is 8.03. The standard InChI is InChI=1S/C20H21NO3/c1-14(22)12-13-20(2)17-6-4-5-7-18(17)21-19(24-20)15-8-10-16(23-3)11-9-15/h4-11H,12-13H2,1-3H3. The van der Waals surface area contributed by atoms with Gasteiger partial charge in [-0.25, -0.2) is 4.99 Å². The topological polar surface area (TPSA) is 47.9 Å². The van der Waals surface area contributed by atoms with Crippen LogP contribution in [-0.2, 0) is 15.1 Å². The number of carbonyl (C=O) groups is 1. The average Bonchev–Trinajstić information content (AvgIpc) is 2.60. The normalized spacial score (nSPS) is 19.0. The number of ketones is 1. The molecule has 0 aliphatic carbocycles. The number of para-hydroxylation sites is 1. The Hall–Kier alpha value is -2.62. The quantitative estimate of drug-likeness (QED) is 0.820. The predicted molar refractivity (Wildman–Crippen MR) is 94.0 cm³/mol. The van der Waals surface area contributed by atoms with Crippen LogP contribution in [0.15, 0.2) is 53.5 Å². The van der Waals surface area contributed by atoms with Gasteiger partial charge < -0.3 is 14.3 Å². The predicted octanol–water partition coefficient (Wildman–Crippen LogP) is 4.39. The second-order valence-electron chi connectivity index (χ2n) is 6.20. The first-order chi connectivity index (χ1) is 11.5. The van der Waals surface area contributed by atoms with Crippen LogP contribution in [0.2, 0.25) is 0 Å². The maximum atomic E-state index is 11.5. The number of hydrogen-bond donors (Lipinski definition) is 0. The Labute approximate surface area is 142 Å². The van der Waals surface area contributed by atoms with Gasteiger partial charge in [0, 0.05) is 17.5 Å². The van der Waals surface area contributed by atoms with Crippen LogP contribution in [0.3, 0.4) is 0 Å². The van der Waals surface area contributed by atoms with Gasteiger partial charge in [-0.3, -0.25) is 0 Å². The van der Waals surface area contributed by atoms with Crippen LogP contribution in [0.25, 0.3) is 0 Å². The monoisotopic (exact) mass is 323 g/mol. The molecule has 0 fully saturated rings. The smallest absolute Gasteiger partial charge is 0.222 e. The molecule has 4 heteroatoms. The van der Waals surface area contributed by atoms with Crippen molar-refractivity contribution in [3.8, 4) is 5.75 Å². The van der Waals surface area contributed by atoms with E-state index in [2.05, 4.69) is 4.99 Å². The summed E-state index contributed by atoms with van der Waals surface area (Å²) in [5.74, 6) is 1.52. The highest BCUT2D eigenvalue weighted by Gasteiger charge is 2.36. The molecule has 3 rings (SSSR count). The zero-order valence-electron chi connectivity index (χ0n) is 14.2. The molecule has 2 aromatic rings. The van der Waals surface area contributed by atoms with Gasteiger partial charge in [0.15, 0.2) is 0 Å². The number of rotatable bonds is 5. The minimum atomic E-state index is -0.570. The van der Waals surface area contributed by atoms with E-state index in [0.717, 1.165) is 22.6 Å². The Balaban J connectivity index is 2.00. The Morgan fingerprint density at radius 2 is 1.88 bits per heavy atom. The van der Waals surface area contributed by atoms with Crippen LogP contribution in [0.5, 0.6) is 5.75 Å². The molecule has 2 aromatic carbocycles. The summed E-state index contributed by atoms with van der Waals surface area (Å²) in [6.07, 6.45) is 1.09. The minimum Gasteiger partial charge on any atom is -0.497 e. The fourth-order valence-corrected chi connectivity index (χ4v) is 2.88. The van der Waals surface area contributed by atoms with Crippen molar-refractivity contribution < 1.29 is 14.3 Å². The van der Waals surface area contributed by atoms with Crippen LogP contribution in [-0.4, -0.2) is 18.8 Å². The number of aliphatic imine (C=N–C) groups is 1. The third-order valence-electron chi connectivity index (χ3n) is 4.31. The van der Waals surface area contributed by atoms with Gasteiger partial charge >= 0.3 is 0 Å². The van der Waals surface area contributed by atoms with Crippen LogP contribution in [0.1, 0.15) is 37.8 Å². The molecule has 1 atom stereocenters. The maximum Gasteiger partial charge on any atom is 0.222 e. The number of Topliss-reactive ketones (excluding diaryl/α,β-unsaturated/α-hetero) is 1. The summed E-state index contributed by atoms with van der Waals surface area (Å²) < 4.78 is 11.5. The summed E-state index contributed by atoms with van der Waals surface area (Å²) in [4.78, 5) is 16.1. The lowest BCUT2D eigenvalue weighted by molar-refractivity contribution is -0.118. The molecule has 4 nitrogen and oxygen atoms in total. The van der Waals surface area contributed by atoms with Crippen molar-refractivity contribution in [2.24, 2.45) is 4.99 Å². The lowest BCUT2D eigenvalue weighted by Crippen LogP contribution is -2.33. The molecule has 0 bridgehead atoms. The molecule has 1 heterocycles. The fourth-order valence-electron chi connectivity index (χ4n) is 2.88. The summed E-state index contributed by atoms with van der Waals surface area (Å²) in [5, 5.41) is 0. The first-order valence-electron chi connectivity index (χ1n) is 8.03. The Bertz CT molecular complexity index is 780. The molecule has 1 unspecified atom stereocenters. The summed E-state index contributed by atoms with van der Waals surface area (Å²) in [7, 11) is 1.64. The van der Waals surface area contributed by atoms with E-state index in [1.54, 1.807) is 14.0 Å². The van der Waals surface area contributed by atoms with Gasteiger partial charge in [-0.1, -0.05) is 18.2 Å². The Morgan fingerprint density at radius 3 is 2.54 bits per heavy atom. The third kappa shape index (κ3) is 3.18. The van der Waals surface area contributed by atoms with E-state index < -0.39 is 5.60 Å². The van der Waals surface area contributed by atoms with E-state index in [-0.39, 0.29) is 5.78 Å². The summed E-state index contributed by atoms with van der Waals surface area (Å²) in [6, 6.07) is 15.6. The Kier molecular flexibility index (Phi) is 4.38. The molecule has 0 aromatic heterocycles. The highest BCUT2D eigenvalue weighted by atomic mass is 16.5. The molecule has 1 aliphatic rings. The molecule has 0 radical (unpaired) electrons. The van der Waals surface area contributed by atoms with E-state index in [0.29, 0.717) is 18.7 Å². The second kappa shape index (κ2) is 6.48. The number of hydrogen-bond acceptors (Lipinski definition) is 4.